The number of piperidine rings is 1. The standard InChI is InChI=1S/C14H26N4O2/c1-3-10(2)12(15)13(19)17-7-4-11(5-8-17)18-9-6-16-14(18)20/h10-12H,3-9,15H2,1-2H3,(H,16,20)/t10-,12-/m0/s1. The summed E-state index contributed by atoms with van der Waals surface area (Å²) in [7, 11) is 0. The van der Waals surface area contributed by atoms with E-state index in [0.29, 0.717) is 13.1 Å². The topological polar surface area (TPSA) is 78.7 Å². The largest absolute Gasteiger partial charge is 0.341 e. The fraction of sp³-hybridized carbons (Fsp3) is 0.857. The van der Waals surface area contributed by atoms with E-state index in [4.69, 9.17) is 5.73 Å². The van der Waals surface area contributed by atoms with Crippen molar-refractivity contribution in [3.05, 3.63) is 0 Å². The molecule has 2 atom stereocenters. The Hall–Kier alpha value is -1.30. The Bertz CT molecular complexity index is 366. The summed E-state index contributed by atoms with van der Waals surface area (Å²) < 4.78 is 0. The van der Waals surface area contributed by atoms with Crippen LogP contribution < -0.4 is 11.1 Å². The molecule has 3 amide bonds. The summed E-state index contributed by atoms with van der Waals surface area (Å²) in [5.41, 5.74) is 6.02. The van der Waals surface area contributed by atoms with Gasteiger partial charge < -0.3 is 20.9 Å². The third kappa shape index (κ3) is 3.06. The molecule has 2 aliphatic heterocycles. The second-order valence-electron chi connectivity index (χ2n) is 5.89. The second-order valence-corrected chi connectivity index (χ2v) is 5.89. The average molecular weight is 282 g/mol. The minimum absolute atomic E-state index is 0.0334. The molecular weight excluding hydrogens is 256 g/mol. The van der Waals surface area contributed by atoms with E-state index in [-0.39, 0.29) is 23.9 Å². The first-order chi connectivity index (χ1) is 9.54. The number of nitrogens with two attached hydrogens (primary N) is 1. The Balaban J connectivity index is 1.84. The number of carbonyl (C=O) groups excluding carboxylic acids is 2. The van der Waals surface area contributed by atoms with Gasteiger partial charge in [0.15, 0.2) is 0 Å². The smallest absolute Gasteiger partial charge is 0.317 e. The molecular formula is C14H26N4O2. The summed E-state index contributed by atoms with van der Waals surface area (Å²) in [6.07, 6.45) is 2.62. The van der Waals surface area contributed by atoms with Gasteiger partial charge in [-0.3, -0.25) is 4.79 Å². The van der Waals surface area contributed by atoms with E-state index in [0.717, 1.165) is 32.4 Å². The van der Waals surface area contributed by atoms with Gasteiger partial charge >= 0.3 is 6.03 Å². The molecule has 0 aromatic carbocycles. The lowest BCUT2D eigenvalue weighted by molar-refractivity contribution is -0.135. The highest BCUT2D eigenvalue weighted by Gasteiger charge is 2.33. The van der Waals surface area contributed by atoms with Crippen molar-refractivity contribution in [1.29, 1.82) is 0 Å². The molecule has 114 valence electrons. The first kappa shape index (κ1) is 15.1. The van der Waals surface area contributed by atoms with E-state index >= 15 is 0 Å². The van der Waals surface area contributed by atoms with E-state index in [2.05, 4.69) is 12.2 Å². The van der Waals surface area contributed by atoms with Crippen molar-refractivity contribution in [2.24, 2.45) is 11.7 Å². The van der Waals surface area contributed by atoms with Crippen LogP contribution >= 0.6 is 0 Å². The van der Waals surface area contributed by atoms with Crippen LogP contribution in [-0.4, -0.2) is 60.0 Å². The maximum atomic E-state index is 12.3. The molecule has 6 heteroatoms. The van der Waals surface area contributed by atoms with Crippen LogP contribution in [0.15, 0.2) is 0 Å². The second kappa shape index (κ2) is 6.43. The first-order valence-electron chi connectivity index (χ1n) is 7.63. The zero-order valence-corrected chi connectivity index (χ0v) is 12.5. The highest BCUT2D eigenvalue weighted by molar-refractivity contribution is 5.82. The Labute approximate surface area is 120 Å². The summed E-state index contributed by atoms with van der Waals surface area (Å²) in [5.74, 6) is 0.272. The van der Waals surface area contributed by atoms with Crippen molar-refractivity contribution in [3.63, 3.8) is 0 Å². The van der Waals surface area contributed by atoms with Gasteiger partial charge in [-0.05, 0) is 18.8 Å². The van der Waals surface area contributed by atoms with E-state index in [9.17, 15) is 9.59 Å². The highest BCUT2D eigenvalue weighted by atomic mass is 16.2. The number of nitrogens with one attached hydrogen (secondary N) is 1. The van der Waals surface area contributed by atoms with Crippen LogP contribution in [0, 0.1) is 5.92 Å². The molecule has 0 spiro atoms. The number of amides is 3. The minimum Gasteiger partial charge on any atom is -0.341 e. The molecule has 0 saturated carbocycles. The molecule has 20 heavy (non-hydrogen) atoms. The molecule has 6 nitrogen and oxygen atoms in total. The lowest BCUT2D eigenvalue weighted by Gasteiger charge is -2.37. The molecule has 0 radical (unpaired) electrons. The van der Waals surface area contributed by atoms with E-state index < -0.39 is 6.04 Å². The van der Waals surface area contributed by atoms with Gasteiger partial charge in [-0.2, -0.15) is 0 Å². The molecule has 2 rings (SSSR count). The highest BCUT2D eigenvalue weighted by Crippen LogP contribution is 2.19. The van der Waals surface area contributed by atoms with Crippen LogP contribution in [-0.2, 0) is 4.79 Å². The lowest BCUT2D eigenvalue weighted by atomic mass is 9.97. The fourth-order valence-electron chi connectivity index (χ4n) is 2.94. The predicted molar refractivity (Wildman–Crippen MR) is 77.1 cm³/mol. The number of likely N-dealkylation sites (tertiary alicyclic amines) is 1. The normalized spacial score (nSPS) is 23.6. The molecule has 0 aromatic rings. The molecule has 3 N–H and O–H groups in total. The molecule has 0 aliphatic carbocycles. The molecule has 2 saturated heterocycles. The van der Waals surface area contributed by atoms with Crippen molar-refractivity contribution >= 4 is 11.9 Å². The predicted octanol–water partition coefficient (Wildman–Crippen LogP) is 0.376. The summed E-state index contributed by atoms with van der Waals surface area (Å²) in [4.78, 5) is 27.7. The average Bonchev–Trinajstić information content (AvgIpc) is 2.91. The Morgan fingerprint density at radius 1 is 1.40 bits per heavy atom. The summed E-state index contributed by atoms with van der Waals surface area (Å²) in [6, 6.07) is -0.0981. The first-order valence-corrected chi connectivity index (χ1v) is 7.63. The fourth-order valence-corrected chi connectivity index (χ4v) is 2.94. The monoisotopic (exact) mass is 282 g/mol. The Morgan fingerprint density at radius 2 is 2.05 bits per heavy atom. The SMILES string of the molecule is CC[C@H](C)[C@H](N)C(=O)N1CCC(N2CCNC2=O)CC1. The van der Waals surface area contributed by atoms with E-state index in [1.54, 1.807) is 0 Å². The van der Waals surface area contributed by atoms with Crippen molar-refractivity contribution < 1.29 is 9.59 Å². The van der Waals surface area contributed by atoms with Crippen LogP contribution in [0.2, 0.25) is 0 Å². The molecule has 2 fully saturated rings. The zero-order chi connectivity index (χ0) is 14.7. The van der Waals surface area contributed by atoms with Gasteiger partial charge in [-0.1, -0.05) is 20.3 Å². The number of carbonyl (C=O) groups is 2. The van der Waals surface area contributed by atoms with Gasteiger partial charge in [0.25, 0.3) is 0 Å². The number of rotatable bonds is 4. The number of nitrogens with zero attached hydrogens (tertiary/aromatic N) is 2. The van der Waals surface area contributed by atoms with E-state index in [1.807, 2.05) is 16.7 Å². The van der Waals surface area contributed by atoms with Gasteiger partial charge in [0, 0.05) is 32.2 Å². The van der Waals surface area contributed by atoms with Gasteiger partial charge in [0.1, 0.15) is 0 Å². The van der Waals surface area contributed by atoms with Crippen LogP contribution in [0.4, 0.5) is 4.79 Å². The summed E-state index contributed by atoms with van der Waals surface area (Å²) >= 11 is 0. The number of hydrogen-bond acceptors (Lipinski definition) is 3. The lowest BCUT2D eigenvalue weighted by Crippen LogP contribution is -2.52. The van der Waals surface area contributed by atoms with Gasteiger partial charge in [-0.15, -0.1) is 0 Å². The molecule has 0 unspecified atom stereocenters. The zero-order valence-electron chi connectivity index (χ0n) is 12.5. The van der Waals surface area contributed by atoms with Crippen molar-refractivity contribution in [1.82, 2.24) is 15.1 Å². The van der Waals surface area contributed by atoms with E-state index in [1.165, 1.54) is 0 Å². The van der Waals surface area contributed by atoms with Crippen LogP contribution in [0.5, 0.6) is 0 Å². The molecule has 2 heterocycles. The van der Waals surface area contributed by atoms with Crippen LogP contribution in [0.25, 0.3) is 0 Å². The number of hydrogen-bond donors (Lipinski definition) is 2. The van der Waals surface area contributed by atoms with Crippen molar-refractivity contribution in [2.75, 3.05) is 26.2 Å². The van der Waals surface area contributed by atoms with Crippen LogP contribution in [0.3, 0.4) is 0 Å². The Morgan fingerprint density at radius 3 is 2.55 bits per heavy atom. The molecule has 2 aliphatic rings. The minimum atomic E-state index is -0.397. The van der Waals surface area contributed by atoms with Crippen molar-refractivity contribution in [2.45, 2.75) is 45.2 Å². The molecule has 0 aromatic heterocycles. The summed E-state index contributed by atoms with van der Waals surface area (Å²) in [6.45, 7) is 7.00. The third-order valence-corrected chi connectivity index (χ3v) is 4.65. The van der Waals surface area contributed by atoms with Crippen molar-refractivity contribution in [3.8, 4) is 0 Å². The maximum Gasteiger partial charge on any atom is 0.317 e. The molecule has 0 bridgehead atoms. The maximum absolute atomic E-state index is 12.3. The van der Waals surface area contributed by atoms with Gasteiger partial charge in [0.2, 0.25) is 5.91 Å². The van der Waals surface area contributed by atoms with Gasteiger partial charge in [0.05, 0.1) is 6.04 Å². The van der Waals surface area contributed by atoms with Gasteiger partial charge in [-0.25, -0.2) is 4.79 Å². The number of urea groups is 1. The van der Waals surface area contributed by atoms with Crippen LogP contribution in [0.1, 0.15) is 33.1 Å². The summed E-state index contributed by atoms with van der Waals surface area (Å²) in [5, 5.41) is 2.83. The Kier molecular flexibility index (Phi) is 4.86. The quantitative estimate of drug-likeness (QED) is 0.782. The third-order valence-electron chi connectivity index (χ3n) is 4.65.